The molecule has 0 aromatic rings. The van der Waals surface area contributed by atoms with Crippen LogP contribution >= 0.6 is 0 Å². The minimum absolute atomic E-state index is 0.00290. The summed E-state index contributed by atoms with van der Waals surface area (Å²) in [6, 6.07) is 0.491. The number of rotatable bonds is 4. The van der Waals surface area contributed by atoms with Gasteiger partial charge in [0.2, 0.25) is 0 Å². The molecule has 1 aliphatic rings. The minimum Gasteiger partial charge on any atom is -0.298 e. The summed E-state index contributed by atoms with van der Waals surface area (Å²) in [5.74, 6) is 0. The molecular weight excluding hydrogens is 238 g/mol. The molecule has 6 heteroatoms. The zero-order chi connectivity index (χ0) is 13.2. The Hall–Kier alpha value is -0.170. The Morgan fingerprint density at radius 2 is 1.47 bits per heavy atom. The van der Waals surface area contributed by atoms with Gasteiger partial charge in [0, 0.05) is 45.3 Å². The van der Waals surface area contributed by atoms with Crippen molar-refractivity contribution in [2.45, 2.75) is 39.8 Å². The molecule has 0 saturated carbocycles. The number of hydrogen-bond donors (Lipinski definition) is 0. The van der Waals surface area contributed by atoms with Gasteiger partial charge in [0.25, 0.3) is 10.2 Å². The van der Waals surface area contributed by atoms with Crippen LogP contribution < -0.4 is 0 Å². The monoisotopic (exact) mass is 263 g/mol. The highest BCUT2D eigenvalue weighted by Crippen LogP contribution is 2.14. The maximum Gasteiger partial charge on any atom is 0.282 e. The van der Waals surface area contributed by atoms with E-state index in [1.54, 1.807) is 11.4 Å². The summed E-state index contributed by atoms with van der Waals surface area (Å²) in [7, 11) is -1.62. The summed E-state index contributed by atoms with van der Waals surface area (Å²) in [5.41, 5.74) is 0. The van der Waals surface area contributed by atoms with Gasteiger partial charge in [0.05, 0.1) is 0 Å². The van der Waals surface area contributed by atoms with Crippen LogP contribution in [0.25, 0.3) is 0 Å². The Labute approximate surface area is 106 Å². The first kappa shape index (κ1) is 14.9. The molecule has 0 N–H and O–H groups in total. The van der Waals surface area contributed by atoms with E-state index in [1.807, 2.05) is 13.8 Å². The van der Waals surface area contributed by atoms with Crippen LogP contribution in [0, 0.1) is 0 Å². The van der Waals surface area contributed by atoms with Gasteiger partial charge < -0.3 is 0 Å². The van der Waals surface area contributed by atoms with Gasteiger partial charge in [-0.3, -0.25) is 4.90 Å². The quantitative estimate of drug-likeness (QED) is 0.746. The van der Waals surface area contributed by atoms with Crippen LogP contribution in [0.1, 0.15) is 27.7 Å². The molecule has 0 aromatic carbocycles. The van der Waals surface area contributed by atoms with Crippen molar-refractivity contribution in [3.63, 3.8) is 0 Å². The Bertz CT molecular complexity index is 333. The van der Waals surface area contributed by atoms with Crippen molar-refractivity contribution < 1.29 is 8.42 Å². The van der Waals surface area contributed by atoms with Crippen LogP contribution in [0.4, 0.5) is 0 Å². The van der Waals surface area contributed by atoms with Crippen LogP contribution in [0.2, 0.25) is 0 Å². The fourth-order valence-corrected chi connectivity index (χ4v) is 3.42. The van der Waals surface area contributed by atoms with Gasteiger partial charge >= 0.3 is 0 Å². The smallest absolute Gasteiger partial charge is 0.282 e. The Morgan fingerprint density at radius 3 is 1.82 bits per heavy atom. The molecule has 102 valence electrons. The first-order valence-corrected chi connectivity index (χ1v) is 7.63. The lowest BCUT2D eigenvalue weighted by molar-refractivity contribution is 0.149. The van der Waals surface area contributed by atoms with Gasteiger partial charge in [0.1, 0.15) is 0 Å². The molecule has 0 spiro atoms. The van der Waals surface area contributed by atoms with Crippen molar-refractivity contribution >= 4 is 10.2 Å². The molecule has 1 saturated heterocycles. The van der Waals surface area contributed by atoms with E-state index in [0.29, 0.717) is 19.1 Å². The Morgan fingerprint density at radius 1 is 1.00 bits per heavy atom. The predicted molar refractivity (Wildman–Crippen MR) is 70.1 cm³/mol. The van der Waals surface area contributed by atoms with E-state index >= 15 is 0 Å². The third-order valence-electron chi connectivity index (χ3n) is 3.42. The van der Waals surface area contributed by atoms with Gasteiger partial charge in [0.15, 0.2) is 0 Å². The largest absolute Gasteiger partial charge is 0.298 e. The highest BCUT2D eigenvalue weighted by atomic mass is 32.2. The molecule has 1 aliphatic heterocycles. The van der Waals surface area contributed by atoms with E-state index in [1.165, 1.54) is 4.31 Å². The van der Waals surface area contributed by atoms with E-state index in [9.17, 15) is 8.42 Å². The van der Waals surface area contributed by atoms with Crippen LogP contribution in [0.3, 0.4) is 0 Å². The van der Waals surface area contributed by atoms with Gasteiger partial charge in [-0.1, -0.05) is 0 Å². The lowest BCUT2D eigenvalue weighted by Crippen LogP contribution is -2.54. The van der Waals surface area contributed by atoms with Gasteiger partial charge in [-0.05, 0) is 27.7 Å². The molecule has 0 aromatic heterocycles. The van der Waals surface area contributed by atoms with Crippen molar-refractivity contribution in [3.8, 4) is 0 Å². The van der Waals surface area contributed by atoms with E-state index in [0.717, 1.165) is 13.1 Å². The summed E-state index contributed by atoms with van der Waals surface area (Å²) in [4.78, 5) is 2.31. The topological polar surface area (TPSA) is 43.9 Å². The highest BCUT2D eigenvalue weighted by molar-refractivity contribution is 7.86. The van der Waals surface area contributed by atoms with Gasteiger partial charge in [-0.25, -0.2) is 0 Å². The average Bonchev–Trinajstić information content (AvgIpc) is 2.27. The van der Waals surface area contributed by atoms with Crippen LogP contribution in [0.5, 0.6) is 0 Å². The van der Waals surface area contributed by atoms with E-state index in [4.69, 9.17) is 0 Å². The Balaban J connectivity index is 2.65. The SMILES string of the molecule is CC(C)N1CCN(S(=O)(=O)N(C)C(C)C)CC1. The second-order valence-electron chi connectivity index (χ2n) is 5.15. The highest BCUT2D eigenvalue weighted by Gasteiger charge is 2.31. The standard InChI is InChI=1S/C11H25N3O2S/c1-10(2)12(5)17(15,16)14-8-6-13(7-9-14)11(3)4/h10-11H,6-9H2,1-5H3. The summed E-state index contributed by atoms with van der Waals surface area (Å²) in [6.07, 6.45) is 0. The molecule has 0 aliphatic carbocycles. The average molecular weight is 263 g/mol. The van der Waals surface area contributed by atoms with Crippen LogP contribution in [-0.4, -0.2) is 67.2 Å². The molecule has 0 radical (unpaired) electrons. The third-order valence-corrected chi connectivity index (χ3v) is 5.59. The lowest BCUT2D eigenvalue weighted by atomic mass is 10.3. The van der Waals surface area contributed by atoms with Gasteiger partial charge in [-0.2, -0.15) is 17.0 Å². The second-order valence-corrected chi connectivity index (χ2v) is 7.13. The first-order valence-electron chi connectivity index (χ1n) is 6.24. The molecule has 0 bridgehead atoms. The molecule has 1 rings (SSSR count). The lowest BCUT2D eigenvalue weighted by Gasteiger charge is -2.38. The first-order chi connectivity index (χ1) is 7.76. The molecule has 5 nitrogen and oxygen atoms in total. The minimum atomic E-state index is -3.27. The maximum absolute atomic E-state index is 12.2. The number of piperazine rings is 1. The van der Waals surface area contributed by atoms with E-state index in [2.05, 4.69) is 18.7 Å². The number of nitrogens with zero attached hydrogens (tertiary/aromatic N) is 3. The van der Waals surface area contributed by atoms with Crippen LogP contribution in [-0.2, 0) is 10.2 Å². The summed E-state index contributed by atoms with van der Waals surface area (Å²) in [6.45, 7) is 10.9. The molecule has 0 atom stereocenters. The third kappa shape index (κ3) is 3.40. The molecule has 0 amide bonds. The molecule has 17 heavy (non-hydrogen) atoms. The zero-order valence-corrected chi connectivity index (χ0v) is 12.4. The molecule has 0 unspecified atom stereocenters. The van der Waals surface area contributed by atoms with Crippen molar-refractivity contribution in [2.75, 3.05) is 33.2 Å². The van der Waals surface area contributed by atoms with Crippen LogP contribution in [0.15, 0.2) is 0 Å². The molecular formula is C11H25N3O2S. The normalized spacial score (nSPS) is 20.7. The molecule has 1 heterocycles. The molecule has 1 fully saturated rings. The fraction of sp³-hybridized carbons (Fsp3) is 1.00. The maximum atomic E-state index is 12.2. The second kappa shape index (κ2) is 5.65. The van der Waals surface area contributed by atoms with Crippen molar-refractivity contribution in [1.82, 2.24) is 13.5 Å². The van der Waals surface area contributed by atoms with E-state index in [-0.39, 0.29) is 6.04 Å². The number of hydrogen-bond acceptors (Lipinski definition) is 3. The fourth-order valence-electron chi connectivity index (χ4n) is 1.90. The summed E-state index contributed by atoms with van der Waals surface area (Å²) < 4.78 is 27.5. The summed E-state index contributed by atoms with van der Waals surface area (Å²) >= 11 is 0. The van der Waals surface area contributed by atoms with E-state index < -0.39 is 10.2 Å². The predicted octanol–water partition coefficient (Wildman–Crippen LogP) is 0.597. The Kier molecular flexibility index (Phi) is 4.95. The zero-order valence-electron chi connectivity index (χ0n) is 11.5. The van der Waals surface area contributed by atoms with Crippen molar-refractivity contribution in [2.24, 2.45) is 0 Å². The van der Waals surface area contributed by atoms with Gasteiger partial charge in [-0.15, -0.1) is 0 Å². The van der Waals surface area contributed by atoms with Crippen molar-refractivity contribution in [3.05, 3.63) is 0 Å². The van der Waals surface area contributed by atoms with Crippen molar-refractivity contribution in [1.29, 1.82) is 0 Å². The summed E-state index contributed by atoms with van der Waals surface area (Å²) in [5, 5.41) is 0.